The Hall–Kier alpha value is 0.200. The molecule has 1 rings (SSSR count). The number of rotatable bonds is 6. The molecule has 0 N–H and O–H groups in total. The molecule has 0 saturated heterocycles. The summed E-state index contributed by atoms with van der Waals surface area (Å²) in [6, 6.07) is 0. The lowest BCUT2D eigenvalue weighted by molar-refractivity contribution is -0.144. The number of ether oxygens (including phenoxy) is 1. The number of esters is 1. The lowest BCUT2D eigenvalue weighted by Crippen LogP contribution is -2.09. The van der Waals surface area contributed by atoms with Crippen LogP contribution in [-0.4, -0.2) is 16.8 Å². The maximum absolute atomic E-state index is 11.1. The first-order valence-corrected chi connectivity index (χ1v) is 7.72. The molecular weight excluding hydrogens is 252 g/mol. The highest BCUT2D eigenvalue weighted by atomic mass is 35.5. The van der Waals surface area contributed by atoms with Gasteiger partial charge in [-0.1, -0.05) is 45.7 Å². The molecule has 0 aromatic rings. The van der Waals surface area contributed by atoms with Crippen molar-refractivity contribution in [1.29, 1.82) is 0 Å². The van der Waals surface area contributed by atoms with Crippen LogP contribution in [0.1, 0.15) is 32.6 Å². The molecule has 15 heavy (non-hydrogen) atoms. The monoisotopic (exact) mass is 266 g/mol. The first-order chi connectivity index (χ1) is 7.18. The summed E-state index contributed by atoms with van der Waals surface area (Å²) in [6.07, 6.45) is 5.78. The summed E-state index contributed by atoms with van der Waals surface area (Å²) in [5, 5.41) is 2.75. The Morgan fingerprint density at radius 3 is 3.00 bits per heavy atom. The van der Waals surface area contributed by atoms with Crippen LogP contribution in [0.3, 0.4) is 0 Å². The van der Waals surface area contributed by atoms with Gasteiger partial charge in [0.05, 0.1) is 0 Å². The Labute approximate surface area is 104 Å². The van der Waals surface area contributed by atoms with E-state index in [4.69, 9.17) is 16.3 Å². The zero-order valence-corrected chi connectivity index (χ0v) is 11.0. The van der Waals surface area contributed by atoms with E-state index >= 15 is 0 Å². The van der Waals surface area contributed by atoms with Gasteiger partial charge in [-0.25, -0.2) is 0 Å². The fourth-order valence-electron chi connectivity index (χ4n) is 1.25. The van der Waals surface area contributed by atoms with Crippen LogP contribution < -0.4 is 0 Å². The predicted octanol–water partition coefficient (Wildman–Crippen LogP) is 3.95. The van der Waals surface area contributed by atoms with Crippen molar-refractivity contribution in [1.82, 2.24) is 0 Å². The minimum atomic E-state index is -0.512. The minimum Gasteiger partial charge on any atom is -0.446 e. The molecule has 0 radical (unpaired) electrons. The quantitative estimate of drug-likeness (QED) is 0.315. The van der Waals surface area contributed by atoms with Gasteiger partial charge in [0.2, 0.25) is 0 Å². The molecule has 0 saturated carbocycles. The van der Waals surface area contributed by atoms with Gasteiger partial charge in [-0.2, -0.15) is 0 Å². The van der Waals surface area contributed by atoms with Crippen molar-refractivity contribution in [3.8, 4) is 0 Å². The second-order valence-electron chi connectivity index (χ2n) is 3.34. The van der Waals surface area contributed by atoms with Gasteiger partial charge < -0.3 is 4.74 Å². The van der Waals surface area contributed by atoms with Crippen LogP contribution in [0, 0.1) is 0 Å². The highest BCUT2D eigenvalue weighted by molar-refractivity contribution is 8.78. The van der Waals surface area contributed by atoms with Gasteiger partial charge in [0.15, 0.2) is 5.56 Å². The Kier molecular flexibility index (Phi) is 6.61. The molecular formula is C10H15ClO2S2. The van der Waals surface area contributed by atoms with E-state index in [0.29, 0.717) is 11.7 Å². The maximum Gasteiger partial charge on any atom is 0.307 e. The molecule has 2 nitrogen and oxygen atoms in total. The average Bonchev–Trinajstić information content (AvgIpc) is 2.63. The summed E-state index contributed by atoms with van der Waals surface area (Å²) in [5.74, 6) is -0.193. The first kappa shape index (κ1) is 13.3. The van der Waals surface area contributed by atoms with E-state index in [0.717, 1.165) is 19.3 Å². The number of carbonyl (C=O) groups excluding carboxylic acids is 1. The molecule has 1 heterocycles. The topological polar surface area (TPSA) is 26.3 Å². The van der Waals surface area contributed by atoms with Gasteiger partial charge in [0.1, 0.15) is 0 Å². The van der Waals surface area contributed by atoms with Crippen LogP contribution in [0.2, 0.25) is 0 Å². The summed E-state index contributed by atoms with van der Waals surface area (Å²) in [6.45, 7) is 1.65. The van der Waals surface area contributed by atoms with Gasteiger partial charge in [0.25, 0.3) is 0 Å². The Morgan fingerprint density at radius 2 is 2.40 bits per heavy atom. The fourth-order valence-corrected chi connectivity index (χ4v) is 3.61. The van der Waals surface area contributed by atoms with Crippen molar-refractivity contribution in [2.24, 2.45) is 0 Å². The van der Waals surface area contributed by atoms with Crippen LogP contribution in [0.25, 0.3) is 0 Å². The third kappa shape index (κ3) is 6.38. The van der Waals surface area contributed by atoms with Crippen molar-refractivity contribution in [2.45, 2.75) is 43.4 Å². The molecule has 0 amide bonds. The van der Waals surface area contributed by atoms with Crippen LogP contribution >= 0.6 is 33.2 Å². The number of hydrogen-bond donors (Lipinski definition) is 0. The second-order valence-corrected chi connectivity index (χ2v) is 6.37. The fraction of sp³-hybridized carbons (Fsp3) is 0.700. The number of alkyl halides is 1. The predicted molar refractivity (Wildman–Crippen MR) is 68.0 cm³/mol. The molecule has 86 valence electrons. The van der Waals surface area contributed by atoms with Crippen LogP contribution in [-0.2, 0) is 9.53 Å². The lowest BCUT2D eigenvalue weighted by atomic mass is 10.1. The summed E-state index contributed by atoms with van der Waals surface area (Å²) in [5.41, 5.74) is -0.512. The Bertz CT molecular complexity index is 231. The summed E-state index contributed by atoms with van der Waals surface area (Å²) >= 11 is 5.53. The third-order valence-electron chi connectivity index (χ3n) is 1.94. The molecule has 0 bridgehead atoms. The molecule has 5 heteroatoms. The molecule has 1 aliphatic rings. The number of unbranched alkanes of at least 4 members (excludes halogenated alkanes) is 1. The first-order valence-electron chi connectivity index (χ1n) is 5.01. The lowest BCUT2D eigenvalue weighted by Gasteiger charge is -2.07. The smallest absolute Gasteiger partial charge is 0.307 e. The highest BCUT2D eigenvalue weighted by Gasteiger charge is 2.11. The van der Waals surface area contributed by atoms with Crippen molar-refractivity contribution in [3.05, 3.63) is 11.5 Å². The average molecular weight is 267 g/mol. The van der Waals surface area contributed by atoms with Crippen LogP contribution in [0.15, 0.2) is 11.5 Å². The highest BCUT2D eigenvalue weighted by Crippen LogP contribution is 2.37. The summed E-state index contributed by atoms with van der Waals surface area (Å²) < 4.78 is 4.83. The van der Waals surface area contributed by atoms with Crippen molar-refractivity contribution in [3.63, 3.8) is 0 Å². The summed E-state index contributed by atoms with van der Waals surface area (Å²) in [7, 11) is 3.66. The van der Waals surface area contributed by atoms with Crippen LogP contribution in [0.5, 0.6) is 0 Å². The zero-order chi connectivity index (χ0) is 11.1. The van der Waals surface area contributed by atoms with Crippen LogP contribution in [0.4, 0.5) is 0 Å². The molecule has 0 fully saturated rings. The maximum atomic E-state index is 11.1. The zero-order valence-electron chi connectivity index (χ0n) is 8.65. The number of carbonyl (C=O) groups is 1. The van der Waals surface area contributed by atoms with Gasteiger partial charge >= 0.3 is 5.97 Å². The van der Waals surface area contributed by atoms with E-state index in [9.17, 15) is 4.79 Å². The van der Waals surface area contributed by atoms with Crippen molar-refractivity contribution >= 4 is 39.2 Å². The van der Waals surface area contributed by atoms with E-state index in [1.165, 1.54) is 0 Å². The standard InChI is InChI=1S/C10H15ClO2S2/c1-8(11)13-10(12)5-3-2-4-9-6-7-14-15-9/h6-9H,2-5H2,1H3/t8?,9-/m1/s1. The number of halogens is 1. The van der Waals surface area contributed by atoms with E-state index in [1.807, 2.05) is 10.8 Å². The Morgan fingerprint density at radius 1 is 1.60 bits per heavy atom. The van der Waals surface area contributed by atoms with Crippen molar-refractivity contribution < 1.29 is 9.53 Å². The van der Waals surface area contributed by atoms with E-state index < -0.39 is 5.56 Å². The van der Waals surface area contributed by atoms with Gasteiger partial charge in [-0.3, -0.25) is 4.79 Å². The van der Waals surface area contributed by atoms with E-state index in [-0.39, 0.29) is 5.97 Å². The molecule has 0 spiro atoms. The molecule has 2 atom stereocenters. The SMILES string of the molecule is CC(Cl)OC(=O)CCCC[C@@H]1C=CSS1. The molecule has 1 aliphatic heterocycles. The summed E-state index contributed by atoms with van der Waals surface area (Å²) in [4.78, 5) is 11.1. The van der Waals surface area contributed by atoms with E-state index in [1.54, 1.807) is 17.7 Å². The van der Waals surface area contributed by atoms with Crippen molar-refractivity contribution in [2.75, 3.05) is 0 Å². The third-order valence-corrected chi connectivity index (χ3v) is 4.46. The largest absolute Gasteiger partial charge is 0.446 e. The van der Waals surface area contributed by atoms with E-state index in [2.05, 4.69) is 11.5 Å². The number of hydrogen-bond acceptors (Lipinski definition) is 4. The van der Waals surface area contributed by atoms with Gasteiger partial charge in [-0.15, -0.1) is 0 Å². The van der Waals surface area contributed by atoms with Gasteiger partial charge in [0, 0.05) is 11.7 Å². The second kappa shape index (κ2) is 7.47. The molecule has 1 unspecified atom stereocenters. The Balaban J connectivity index is 1.96. The molecule has 0 aromatic heterocycles. The normalized spacial score (nSPS) is 21.6. The molecule has 0 aliphatic carbocycles. The molecule has 0 aromatic carbocycles. The van der Waals surface area contributed by atoms with Gasteiger partial charge in [-0.05, 0) is 25.2 Å². The minimum absolute atomic E-state index is 0.193.